The van der Waals surface area contributed by atoms with Crippen LogP contribution in [0.2, 0.25) is 0 Å². The Kier molecular flexibility index (Phi) is 5.59. The third kappa shape index (κ3) is 4.06. The molecule has 26 heavy (non-hydrogen) atoms. The Morgan fingerprint density at radius 2 is 1.96 bits per heavy atom. The summed E-state index contributed by atoms with van der Waals surface area (Å²) >= 11 is 0. The van der Waals surface area contributed by atoms with E-state index in [0.717, 1.165) is 42.8 Å². The van der Waals surface area contributed by atoms with E-state index in [1.807, 2.05) is 29.5 Å². The van der Waals surface area contributed by atoms with Crippen LogP contribution in [0.1, 0.15) is 56.7 Å². The van der Waals surface area contributed by atoms with E-state index in [4.69, 9.17) is 4.74 Å². The van der Waals surface area contributed by atoms with Gasteiger partial charge < -0.3 is 9.64 Å². The highest BCUT2D eigenvalue weighted by Gasteiger charge is 2.28. The number of piperidine rings is 1. The van der Waals surface area contributed by atoms with Crippen LogP contribution in [0.4, 0.5) is 0 Å². The van der Waals surface area contributed by atoms with Crippen LogP contribution in [0.15, 0.2) is 30.9 Å². The zero-order valence-corrected chi connectivity index (χ0v) is 16.1. The van der Waals surface area contributed by atoms with Crippen LogP contribution >= 0.6 is 0 Å². The van der Waals surface area contributed by atoms with Gasteiger partial charge in [0.25, 0.3) is 5.91 Å². The first kappa shape index (κ1) is 18.4. The van der Waals surface area contributed by atoms with E-state index in [1.165, 1.54) is 0 Å². The minimum atomic E-state index is -0.489. The Balaban J connectivity index is 1.61. The molecule has 1 fully saturated rings. The van der Waals surface area contributed by atoms with Gasteiger partial charge >= 0.3 is 0 Å². The minimum Gasteiger partial charge on any atom is -0.481 e. The molecule has 1 aromatic heterocycles. The normalized spacial score (nSPS) is 16.7. The van der Waals surface area contributed by atoms with Crippen LogP contribution in [-0.4, -0.2) is 44.8 Å². The van der Waals surface area contributed by atoms with Crippen molar-refractivity contribution in [2.45, 2.75) is 58.6 Å². The van der Waals surface area contributed by atoms with Gasteiger partial charge in [0.2, 0.25) is 0 Å². The van der Waals surface area contributed by atoms with Crippen LogP contribution in [0.5, 0.6) is 5.75 Å². The van der Waals surface area contributed by atoms with Gasteiger partial charge in [-0.05, 0) is 49.8 Å². The molecule has 2 aromatic rings. The van der Waals surface area contributed by atoms with Gasteiger partial charge in [0, 0.05) is 13.1 Å². The molecule has 140 valence electrons. The number of likely N-dealkylation sites (tertiary alicyclic amines) is 1. The second-order valence-electron chi connectivity index (χ2n) is 7.39. The second-order valence-corrected chi connectivity index (χ2v) is 7.39. The van der Waals surface area contributed by atoms with Crippen molar-refractivity contribution < 1.29 is 9.53 Å². The van der Waals surface area contributed by atoms with Crippen LogP contribution in [0, 0.1) is 6.92 Å². The molecule has 0 bridgehead atoms. The molecular weight excluding hydrogens is 328 g/mol. The summed E-state index contributed by atoms with van der Waals surface area (Å²) in [5, 5.41) is 4.21. The third-order valence-corrected chi connectivity index (χ3v) is 5.03. The molecule has 0 radical (unpaired) electrons. The van der Waals surface area contributed by atoms with Crippen LogP contribution < -0.4 is 4.74 Å². The van der Waals surface area contributed by atoms with Crippen molar-refractivity contribution in [2.24, 2.45) is 0 Å². The minimum absolute atomic E-state index is 0.0539. The summed E-state index contributed by atoms with van der Waals surface area (Å²) in [6.07, 6.45) is 4.60. The van der Waals surface area contributed by atoms with Gasteiger partial charge in [0.05, 0.1) is 6.04 Å². The summed E-state index contributed by atoms with van der Waals surface area (Å²) in [7, 11) is 0. The Labute approximate surface area is 155 Å². The molecule has 1 aliphatic rings. The van der Waals surface area contributed by atoms with Gasteiger partial charge in [0.1, 0.15) is 18.4 Å². The molecule has 1 saturated heterocycles. The topological polar surface area (TPSA) is 60.2 Å². The molecule has 0 aliphatic carbocycles. The molecule has 3 rings (SSSR count). The number of amides is 1. The average Bonchev–Trinajstić information content (AvgIpc) is 3.15. The maximum absolute atomic E-state index is 12.8. The Morgan fingerprint density at radius 1 is 1.23 bits per heavy atom. The van der Waals surface area contributed by atoms with Gasteiger partial charge in [-0.25, -0.2) is 9.67 Å². The third-order valence-electron chi connectivity index (χ3n) is 5.03. The highest BCUT2D eigenvalue weighted by atomic mass is 16.5. The van der Waals surface area contributed by atoms with Crippen LogP contribution in [0.25, 0.3) is 0 Å². The summed E-state index contributed by atoms with van der Waals surface area (Å²) in [5.74, 6) is 1.22. The van der Waals surface area contributed by atoms with Crippen LogP contribution in [-0.2, 0) is 4.79 Å². The maximum atomic E-state index is 12.8. The molecule has 0 saturated carbocycles. The van der Waals surface area contributed by atoms with Crippen LogP contribution in [0.3, 0.4) is 0 Å². The maximum Gasteiger partial charge on any atom is 0.263 e. The number of hydrogen-bond donors (Lipinski definition) is 0. The smallest absolute Gasteiger partial charge is 0.263 e. The van der Waals surface area contributed by atoms with Crippen molar-refractivity contribution in [3.05, 3.63) is 42.0 Å². The van der Waals surface area contributed by atoms with E-state index in [9.17, 15) is 4.79 Å². The van der Waals surface area contributed by atoms with Gasteiger partial charge in [-0.15, -0.1) is 0 Å². The first-order chi connectivity index (χ1) is 12.5. The first-order valence-corrected chi connectivity index (χ1v) is 9.35. The lowest BCUT2D eigenvalue weighted by Crippen LogP contribution is -2.45. The van der Waals surface area contributed by atoms with E-state index < -0.39 is 6.10 Å². The van der Waals surface area contributed by atoms with E-state index in [0.29, 0.717) is 12.0 Å². The van der Waals surface area contributed by atoms with Gasteiger partial charge in [-0.2, -0.15) is 5.10 Å². The highest BCUT2D eigenvalue weighted by Crippen LogP contribution is 2.29. The fourth-order valence-electron chi connectivity index (χ4n) is 3.48. The predicted octanol–water partition coefficient (Wildman–Crippen LogP) is 3.34. The molecule has 6 nitrogen and oxygen atoms in total. The molecule has 1 aromatic carbocycles. The molecule has 1 aliphatic heterocycles. The molecule has 1 unspecified atom stereocenters. The molecule has 1 atom stereocenters. The first-order valence-electron chi connectivity index (χ1n) is 9.35. The monoisotopic (exact) mass is 356 g/mol. The number of carbonyl (C=O) groups excluding carboxylic acids is 1. The predicted molar refractivity (Wildman–Crippen MR) is 100 cm³/mol. The molecule has 0 N–H and O–H groups in total. The lowest BCUT2D eigenvalue weighted by atomic mass is 10.0. The molecule has 1 amide bonds. The Hall–Kier alpha value is -2.37. The SMILES string of the molecule is Cc1ccc(C(C)C)c(OC(C)C(=O)N2CCC(n3cncn3)CC2)c1. The molecule has 2 heterocycles. The lowest BCUT2D eigenvalue weighted by molar-refractivity contribution is -0.139. The van der Waals surface area contributed by atoms with Gasteiger partial charge in [-0.1, -0.05) is 26.0 Å². The standard InChI is InChI=1S/C20H28N4O2/c1-14(2)18-6-5-15(3)11-19(18)26-16(4)20(25)23-9-7-17(8-10-23)24-13-21-12-22-24/h5-6,11-14,16-17H,7-10H2,1-4H3. The fourth-order valence-corrected chi connectivity index (χ4v) is 3.48. The van der Waals surface area contributed by atoms with Crippen molar-refractivity contribution in [1.29, 1.82) is 0 Å². The second kappa shape index (κ2) is 7.89. The largest absolute Gasteiger partial charge is 0.481 e. The molecular formula is C20H28N4O2. The number of benzene rings is 1. The van der Waals surface area contributed by atoms with Gasteiger partial charge in [-0.3, -0.25) is 4.79 Å². The number of carbonyl (C=O) groups is 1. The van der Waals surface area contributed by atoms with Gasteiger partial charge in [0.15, 0.2) is 6.10 Å². The quantitative estimate of drug-likeness (QED) is 0.824. The summed E-state index contributed by atoms with van der Waals surface area (Å²) in [6.45, 7) is 9.61. The summed E-state index contributed by atoms with van der Waals surface area (Å²) in [6, 6.07) is 6.53. The molecule has 0 spiro atoms. The number of nitrogens with zero attached hydrogens (tertiary/aromatic N) is 4. The van der Waals surface area contributed by atoms with E-state index >= 15 is 0 Å². The van der Waals surface area contributed by atoms with Crippen molar-refractivity contribution in [2.75, 3.05) is 13.1 Å². The molecule has 6 heteroatoms. The number of aromatic nitrogens is 3. The van der Waals surface area contributed by atoms with Crippen molar-refractivity contribution in [3.8, 4) is 5.75 Å². The Morgan fingerprint density at radius 3 is 2.58 bits per heavy atom. The van der Waals surface area contributed by atoms with Crippen molar-refractivity contribution in [3.63, 3.8) is 0 Å². The van der Waals surface area contributed by atoms with Crippen molar-refractivity contribution >= 4 is 5.91 Å². The number of aryl methyl sites for hydroxylation is 1. The Bertz CT molecular complexity index is 734. The number of rotatable bonds is 5. The highest BCUT2D eigenvalue weighted by molar-refractivity contribution is 5.81. The zero-order chi connectivity index (χ0) is 18.7. The number of hydrogen-bond acceptors (Lipinski definition) is 4. The van der Waals surface area contributed by atoms with Crippen molar-refractivity contribution in [1.82, 2.24) is 19.7 Å². The summed E-state index contributed by atoms with van der Waals surface area (Å²) < 4.78 is 7.98. The van der Waals surface area contributed by atoms with E-state index in [2.05, 4.69) is 36.1 Å². The number of ether oxygens (including phenoxy) is 1. The van der Waals surface area contributed by atoms with E-state index in [1.54, 1.807) is 12.7 Å². The summed E-state index contributed by atoms with van der Waals surface area (Å²) in [5.41, 5.74) is 2.28. The fraction of sp³-hybridized carbons (Fsp3) is 0.550. The summed E-state index contributed by atoms with van der Waals surface area (Å²) in [4.78, 5) is 18.7. The average molecular weight is 356 g/mol. The zero-order valence-electron chi connectivity index (χ0n) is 16.1. The van der Waals surface area contributed by atoms with E-state index in [-0.39, 0.29) is 5.91 Å². The lowest BCUT2D eigenvalue weighted by Gasteiger charge is -2.33.